The third-order valence-electron chi connectivity index (χ3n) is 8.70. The van der Waals surface area contributed by atoms with Crippen LogP contribution in [0.25, 0.3) is 34.0 Å². The monoisotopic (exact) mass is 760 g/mol. The molecule has 4 heterocycles. The fraction of sp³-hybridized carbons (Fsp3) is 0.289. The molecule has 0 spiro atoms. The number of fused-ring (bicyclic) bond motifs is 2. The van der Waals surface area contributed by atoms with E-state index < -0.39 is 5.97 Å². The number of amides is 1. The molecule has 56 heavy (non-hydrogen) atoms. The Morgan fingerprint density at radius 3 is 1.64 bits per heavy atom. The van der Waals surface area contributed by atoms with Crippen LogP contribution < -0.4 is 11.1 Å². The van der Waals surface area contributed by atoms with Gasteiger partial charge in [-0.15, -0.1) is 0 Å². The van der Waals surface area contributed by atoms with Gasteiger partial charge in [0.05, 0.1) is 0 Å². The molecule has 11 heteroatoms. The summed E-state index contributed by atoms with van der Waals surface area (Å²) in [6.07, 6.45) is 25.8. The molecule has 0 aliphatic carbocycles. The van der Waals surface area contributed by atoms with Crippen molar-refractivity contribution in [3.8, 4) is 11.5 Å². The molecule has 0 bridgehead atoms. The van der Waals surface area contributed by atoms with Crippen LogP contribution in [0.5, 0.6) is 11.5 Å². The number of nitrogens with two attached hydrogens (primary N) is 1. The third kappa shape index (κ3) is 16.0. The van der Waals surface area contributed by atoms with Crippen molar-refractivity contribution < 1.29 is 24.9 Å². The molecule has 0 aliphatic rings. The molecule has 0 unspecified atom stereocenters. The second kappa shape index (κ2) is 25.0. The third-order valence-corrected chi connectivity index (χ3v) is 8.70. The highest BCUT2D eigenvalue weighted by atomic mass is 16.4. The average Bonchev–Trinajstić information content (AvgIpc) is 3.79. The summed E-state index contributed by atoms with van der Waals surface area (Å²) in [5, 5.41) is 32.3. The zero-order valence-corrected chi connectivity index (χ0v) is 31.2. The minimum Gasteiger partial charge on any atom is -0.508 e. The molecule has 6 N–H and O–H groups in total. The first-order valence-electron chi connectivity index (χ1n) is 18.7. The molecule has 4 aromatic heterocycles. The van der Waals surface area contributed by atoms with Crippen LogP contribution >= 0.6 is 0 Å². The van der Waals surface area contributed by atoms with Gasteiger partial charge in [0.25, 0.3) is 0 Å². The molecule has 1 amide bonds. The van der Waals surface area contributed by atoms with Gasteiger partial charge in [-0.05, 0) is 116 Å². The number of phenolic OH excluding ortho intramolecular Hbond substituents is 2. The van der Waals surface area contributed by atoms with Crippen LogP contribution in [0.15, 0.2) is 122 Å². The molecule has 0 fully saturated rings. The van der Waals surface area contributed by atoms with Gasteiger partial charge in [-0.1, -0.05) is 45.2 Å². The standard InChI is InChI=1S/C22H25N3O2.C14H20N2O.C8H7NO2.CH4/c26-20-8-9-21-19(16-20)11-15-25(21)14-4-2-1-3-13-24-22(27)10-7-18-6-5-12-23-17-18;15-8-3-1-2-4-9-16-10-7-12-11-13(17)5-6-14(12)16;10-8(11)4-3-7-2-1-5-9-6-7;/h5-12,15-17,26H,1-4,13-14H2,(H,24,27);5-7,10-11,17H,1-4,8-9,15H2;1-6H,(H,10,11);1H4/b10-7+;;4-3+;. The van der Waals surface area contributed by atoms with Gasteiger partial charge >= 0.3 is 5.97 Å². The van der Waals surface area contributed by atoms with E-state index in [0.29, 0.717) is 18.0 Å². The smallest absolute Gasteiger partial charge is 0.328 e. The quantitative estimate of drug-likeness (QED) is 0.0454. The Morgan fingerprint density at radius 2 is 1.16 bits per heavy atom. The molecule has 296 valence electrons. The summed E-state index contributed by atoms with van der Waals surface area (Å²) < 4.78 is 4.47. The Hall–Kier alpha value is -6.20. The van der Waals surface area contributed by atoms with Gasteiger partial charge < -0.3 is 35.5 Å². The number of phenols is 2. The number of rotatable bonds is 17. The lowest BCUT2D eigenvalue weighted by molar-refractivity contribution is -0.131. The summed E-state index contributed by atoms with van der Waals surface area (Å²) in [5.41, 5.74) is 9.52. The van der Waals surface area contributed by atoms with Crippen LogP contribution in [0.1, 0.15) is 69.9 Å². The number of benzene rings is 2. The summed E-state index contributed by atoms with van der Waals surface area (Å²) >= 11 is 0. The molecular formula is C45H56N6O5. The van der Waals surface area contributed by atoms with Gasteiger partial charge in [0, 0.05) is 90.8 Å². The number of carboxylic acid groups (broad SMARTS) is 1. The van der Waals surface area contributed by atoms with E-state index in [0.717, 1.165) is 85.2 Å². The molecule has 11 nitrogen and oxygen atoms in total. The van der Waals surface area contributed by atoms with Crippen LogP contribution in [0.2, 0.25) is 0 Å². The van der Waals surface area contributed by atoms with Crippen molar-refractivity contribution >= 4 is 45.8 Å². The van der Waals surface area contributed by atoms with Crippen molar-refractivity contribution in [1.29, 1.82) is 0 Å². The van der Waals surface area contributed by atoms with Crippen molar-refractivity contribution in [2.24, 2.45) is 5.73 Å². The van der Waals surface area contributed by atoms with E-state index in [1.807, 2.05) is 30.3 Å². The number of hydrogen-bond acceptors (Lipinski definition) is 7. The highest BCUT2D eigenvalue weighted by Crippen LogP contribution is 2.22. The molecule has 6 rings (SSSR count). The summed E-state index contributed by atoms with van der Waals surface area (Å²) in [6.45, 7) is 3.50. The van der Waals surface area contributed by atoms with Crippen molar-refractivity contribution in [3.63, 3.8) is 0 Å². The van der Waals surface area contributed by atoms with Gasteiger partial charge in [-0.3, -0.25) is 14.8 Å². The number of carboxylic acids is 1. The van der Waals surface area contributed by atoms with E-state index in [2.05, 4.69) is 42.9 Å². The molecule has 0 saturated carbocycles. The number of hydrogen-bond donors (Lipinski definition) is 5. The number of aromatic hydroxyl groups is 2. The Morgan fingerprint density at radius 1 is 0.661 bits per heavy atom. The van der Waals surface area contributed by atoms with Gasteiger partial charge in [0.15, 0.2) is 0 Å². The summed E-state index contributed by atoms with van der Waals surface area (Å²) in [6, 6.07) is 22.4. The molecule has 6 aromatic rings. The number of aliphatic carboxylic acids is 1. The lowest BCUT2D eigenvalue weighted by Gasteiger charge is -2.06. The van der Waals surface area contributed by atoms with Crippen LogP contribution in [-0.4, -0.2) is 59.4 Å². The van der Waals surface area contributed by atoms with Gasteiger partial charge in [-0.25, -0.2) is 4.79 Å². The van der Waals surface area contributed by atoms with Gasteiger partial charge in [0.1, 0.15) is 11.5 Å². The van der Waals surface area contributed by atoms with Crippen LogP contribution in [0.4, 0.5) is 0 Å². The van der Waals surface area contributed by atoms with Gasteiger partial charge in [-0.2, -0.15) is 0 Å². The Labute approximate surface area is 329 Å². The van der Waals surface area contributed by atoms with Gasteiger partial charge in [0.2, 0.25) is 5.91 Å². The highest BCUT2D eigenvalue weighted by molar-refractivity contribution is 5.91. The largest absolute Gasteiger partial charge is 0.508 e. The van der Waals surface area contributed by atoms with Crippen molar-refractivity contribution in [2.75, 3.05) is 13.1 Å². The Kier molecular flexibility index (Phi) is 19.7. The maximum absolute atomic E-state index is 11.8. The molecule has 0 atom stereocenters. The SMILES string of the molecule is C.NCCCCCCn1ccc2cc(O)ccc21.O=C(/C=C/c1cccnc1)NCCCCCCn1ccc2cc(O)ccc21.O=C(O)/C=C/c1cccnc1. The first-order chi connectivity index (χ1) is 26.8. The first kappa shape index (κ1) is 44.2. The fourth-order valence-electron chi connectivity index (χ4n) is 5.86. The molecule has 0 aliphatic heterocycles. The normalized spacial score (nSPS) is 10.8. The van der Waals surface area contributed by atoms with Crippen LogP contribution in [-0.2, 0) is 22.7 Å². The molecule has 0 radical (unpaired) electrons. The number of aryl methyl sites for hydroxylation is 2. The summed E-state index contributed by atoms with van der Waals surface area (Å²) in [4.78, 5) is 29.7. The Balaban J connectivity index is 0.000000247. The minimum absolute atomic E-state index is 0. The lowest BCUT2D eigenvalue weighted by Crippen LogP contribution is -2.21. The Bertz CT molecular complexity index is 2090. The van der Waals surface area contributed by atoms with Crippen molar-refractivity contribution in [2.45, 2.75) is 71.9 Å². The van der Waals surface area contributed by atoms with E-state index in [9.17, 15) is 19.8 Å². The van der Waals surface area contributed by atoms with Crippen LogP contribution in [0, 0.1) is 0 Å². The number of unbranched alkanes of at least 4 members (excludes halogenated alkanes) is 6. The first-order valence-corrected chi connectivity index (χ1v) is 18.7. The van der Waals surface area contributed by atoms with E-state index >= 15 is 0 Å². The zero-order valence-electron chi connectivity index (χ0n) is 31.2. The predicted octanol–water partition coefficient (Wildman–Crippen LogP) is 8.81. The maximum atomic E-state index is 11.8. The molecule has 2 aromatic carbocycles. The number of aromatic nitrogens is 4. The number of nitrogens with one attached hydrogen (secondary N) is 1. The predicted molar refractivity (Wildman–Crippen MR) is 227 cm³/mol. The topological polar surface area (TPSA) is 169 Å². The van der Waals surface area contributed by atoms with E-state index in [1.165, 1.54) is 30.9 Å². The van der Waals surface area contributed by atoms with Crippen molar-refractivity contribution in [1.82, 2.24) is 24.4 Å². The number of carbonyl (C=O) groups excluding carboxylic acids is 1. The molecular weight excluding hydrogens is 705 g/mol. The number of pyridine rings is 2. The van der Waals surface area contributed by atoms with E-state index in [4.69, 9.17) is 10.8 Å². The lowest BCUT2D eigenvalue weighted by atomic mass is 10.2. The second-order valence-electron chi connectivity index (χ2n) is 13.0. The fourth-order valence-corrected chi connectivity index (χ4v) is 5.86. The van der Waals surface area contributed by atoms with E-state index in [1.54, 1.807) is 73.3 Å². The van der Waals surface area contributed by atoms with E-state index in [-0.39, 0.29) is 13.3 Å². The number of nitrogens with zero attached hydrogens (tertiary/aromatic N) is 4. The minimum atomic E-state index is -0.950. The molecule has 0 saturated heterocycles. The second-order valence-corrected chi connectivity index (χ2v) is 13.0. The maximum Gasteiger partial charge on any atom is 0.328 e. The van der Waals surface area contributed by atoms with Crippen LogP contribution in [0.3, 0.4) is 0 Å². The van der Waals surface area contributed by atoms with Crippen molar-refractivity contribution in [3.05, 3.63) is 133 Å². The highest BCUT2D eigenvalue weighted by Gasteiger charge is 2.03. The summed E-state index contributed by atoms with van der Waals surface area (Å²) in [5.74, 6) is -0.384. The zero-order chi connectivity index (χ0) is 39.1. The summed E-state index contributed by atoms with van der Waals surface area (Å²) in [7, 11) is 0. The number of carbonyl (C=O) groups is 2. The average molecular weight is 761 g/mol.